The Kier molecular flexibility index (Phi) is 4.68. The van der Waals surface area contributed by atoms with E-state index in [1.54, 1.807) is 11.3 Å². The maximum Gasteiger partial charge on any atom is 0.240 e. The highest BCUT2D eigenvalue weighted by atomic mass is 32.1. The van der Waals surface area contributed by atoms with E-state index in [0.29, 0.717) is 13.2 Å². The molecule has 6 heteroatoms. The number of hydrogen-bond donors (Lipinski definition) is 2. The predicted octanol–water partition coefficient (Wildman–Crippen LogP) is 0.871. The minimum Gasteiger partial charge on any atom is -0.378 e. The van der Waals surface area contributed by atoms with Gasteiger partial charge in [0.2, 0.25) is 5.91 Å². The quantitative estimate of drug-likeness (QED) is 0.851. The van der Waals surface area contributed by atoms with Gasteiger partial charge in [0.05, 0.1) is 19.3 Å². The molecule has 0 saturated carbocycles. The normalized spacial score (nSPS) is 21.6. The van der Waals surface area contributed by atoms with Gasteiger partial charge in [-0.3, -0.25) is 4.79 Å². The van der Waals surface area contributed by atoms with E-state index in [-0.39, 0.29) is 18.0 Å². The number of aryl methyl sites for hydroxylation is 1. The molecule has 1 aliphatic rings. The zero-order valence-electron chi connectivity index (χ0n) is 10.7. The number of nitrogens with zero attached hydrogens (tertiary/aromatic N) is 1. The topological polar surface area (TPSA) is 63.2 Å². The highest BCUT2D eigenvalue weighted by Crippen LogP contribution is 2.20. The van der Waals surface area contributed by atoms with Crippen LogP contribution in [0, 0.1) is 0 Å². The highest BCUT2D eigenvalue weighted by molar-refractivity contribution is 7.11. The average Bonchev–Trinajstić information content (AvgIpc) is 2.88. The molecular weight excluding hydrogens is 250 g/mol. The van der Waals surface area contributed by atoms with Gasteiger partial charge in [-0.2, -0.15) is 0 Å². The molecule has 0 bridgehead atoms. The van der Waals surface area contributed by atoms with Gasteiger partial charge in [-0.1, -0.05) is 6.92 Å². The number of carbonyl (C=O) groups excluding carboxylic acids is 1. The van der Waals surface area contributed by atoms with Gasteiger partial charge in [0.1, 0.15) is 11.0 Å². The summed E-state index contributed by atoms with van der Waals surface area (Å²) < 4.78 is 5.28. The Morgan fingerprint density at radius 3 is 3.22 bits per heavy atom. The first-order valence-corrected chi connectivity index (χ1v) is 7.08. The molecule has 2 N–H and O–H groups in total. The molecule has 2 unspecified atom stereocenters. The SMILES string of the molecule is CCc1cnc(C(C)NC(=O)C2COCCN2)s1. The number of aromatic nitrogens is 1. The number of carbonyl (C=O) groups is 1. The second-order valence-corrected chi connectivity index (χ2v) is 5.48. The van der Waals surface area contributed by atoms with Gasteiger partial charge in [0.25, 0.3) is 0 Å². The number of ether oxygens (including phenoxy) is 1. The van der Waals surface area contributed by atoms with Gasteiger partial charge < -0.3 is 15.4 Å². The lowest BCUT2D eigenvalue weighted by Gasteiger charge is -2.24. The Bertz CT molecular complexity index is 402. The number of nitrogens with one attached hydrogen (secondary N) is 2. The van der Waals surface area contributed by atoms with E-state index in [9.17, 15) is 4.79 Å². The third-order valence-corrected chi connectivity index (χ3v) is 4.21. The molecular formula is C12H19N3O2S. The minimum absolute atomic E-state index is 0.0181. The Balaban J connectivity index is 1.89. The van der Waals surface area contributed by atoms with Gasteiger partial charge >= 0.3 is 0 Å². The lowest BCUT2D eigenvalue weighted by Crippen LogP contribution is -2.51. The van der Waals surface area contributed by atoms with Crippen molar-refractivity contribution >= 4 is 17.2 Å². The standard InChI is InChI=1S/C12H19N3O2S/c1-3-9-6-14-12(18-9)8(2)15-11(16)10-7-17-5-4-13-10/h6,8,10,13H,3-5,7H2,1-2H3,(H,15,16). The molecule has 1 aromatic heterocycles. The van der Waals surface area contributed by atoms with E-state index in [1.807, 2.05) is 13.1 Å². The predicted molar refractivity (Wildman–Crippen MR) is 70.7 cm³/mol. The second kappa shape index (κ2) is 6.26. The smallest absolute Gasteiger partial charge is 0.240 e. The van der Waals surface area contributed by atoms with E-state index in [4.69, 9.17) is 4.74 Å². The van der Waals surface area contributed by atoms with Crippen LogP contribution in [0.15, 0.2) is 6.20 Å². The van der Waals surface area contributed by atoms with Crippen molar-refractivity contribution < 1.29 is 9.53 Å². The molecule has 1 fully saturated rings. The van der Waals surface area contributed by atoms with Crippen molar-refractivity contribution in [1.82, 2.24) is 15.6 Å². The summed E-state index contributed by atoms with van der Waals surface area (Å²) in [4.78, 5) is 17.6. The third-order valence-electron chi connectivity index (χ3n) is 2.89. The first-order valence-electron chi connectivity index (χ1n) is 6.26. The van der Waals surface area contributed by atoms with Crippen LogP contribution < -0.4 is 10.6 Å². The van der Waals surface area contributed by atoms with Crippen LogP contribution >= 0.6 is 11.3 Å². The average molecular weight is 269 g/mol. The van der Waals surface area contributed by atoms with Gasteiger partial charge in [-0.25, -0.2) is 4.98 Å². The Morgan fingerprint density at radius 1 is 1.78 bits per heavy atom. The summed E-state index contributed by atoms with van der Waals surface area (Å²) in [6, 6.07) is -0.293. The van der Waals surface area contributed by atoms with E-state index >= 15 is 0 Å². The zero-order chi connectivity index (χ0) is 13.0. The van der Waals surface area contributed by atoms with Crippen LogP contribution in [0.2, 0.25) is 0 Å². The van der Waals surface area contributed by atoms with Crippen LogP contribution in [0.4, 0.5) is 0 Å². The fourth-order valence-corrected chi connectivity index (χ4v) is 2.66. The van der Waals surface area contributed by atoms with Gasteiger partial charge in [-0.15, -0.1) is 11.3 Å². The van der Waals surface area contributed by atoms with Crippen molar-refractivity contribution in [3.8, 4) is 0 Å². The van der Waals surface area contributed by atoms with Crippen LogP contribution in [0.3, 0.4) is 0 Å². The summed E-state index contributed by atoms with van der Waals surface area (Å²) in [5.74, 6) is -0.0181. The third kappa shape index (κ3) is 3.28. The molecule has 2 atom stereocenters. The number of thiazole rings is 1. The van der Waals surface area contributed by atoms with Crippen molar-refractivity contribution in [2.75, 3.05) is 19.8 Å². The van der Waals surface area contributed by atoms with Crippen molar-refractivity contribution in [2.45, 2.75) is 32.4 Å². The van der Waals surface area contributed by atoms with Crippen LogP contribution in [0.5, 0.6) is 0 Å². The maximum atomic E-state index is 12.0. The van der Waals surface area contributed by atoms with Gasteiger partial charge in [-0.05, 0) is 13.3 Å². The molecule has 0 aliphatic carbocycles. The molecule has 18 heavy (non-hydrogen) atoms. The fourth-order valence-electron chi connectivity index (χ4n) is 1.80. The molecule has 100 valence electrons. The molecule has 1 saturated heterocycles. The molecule has 2 rings (SSSR count). The zero-order valence-corrected chi connectivity index (χ0v) is 11.5. The second-order valence-electron chi connectivity index (χ2n) is 4.33. The lowest BCUT2D eigenvalue weighted by atomic mass is 10.2. The van der Waals surface area contributed by atoms with E-state index in [1.165, 1.54) is 4.88 Å². The van der Waals surface area contributed by atoms with Crippen molar-refractivity contribution in [2.24, 2.45) is 0 Å². The van der Waals surface area contributed by atoms with Crippen LogP contribution in [-0.4, -0.2) is 36.7 Å². The summed E-state index contributed by atoms with van der Waals surface area (Å²) in [6.07, 6.45) is 2.86. The molecule has 2 heterocycles. The van der Waals surface area contributed by atoms with E-state index in [0.717, 1.165) is 18.0 Å². The lowest BCUT2D eigenvalue weighted by molar-refractivity contribution is -0.126. The number of rotatable bonds is 4. The monoisotopic (exact) mass is 269 g/mol. The minimum atomic E-state index is -0.244. The molecule has 1 aliphatic heterocycles. The van der Waals surface area contributed by atoms with E-state index in [2.05, 4.69) is 22.5 Å². The van der Waals surface area contributed by atoms with Crippen molar-refractivity contribution in [1.29, 1.82) is 0 Å². The first-order chi connectivity index (χ1) is 8.70. The molecule has 0 radical (unpaired) electrons. The summed E-state index contributed by atoms with van der Waals surface area (Å²) in [5.41, 5.74) is 0. The number of hydrogen-bond acceptors (Lipinski definition) is 5. The highest BCUT2D eigenvalue weighted by Gasteiger charge is 2.23. The Morgan fingerprint density at radius 2 is 2.61 bits per heavy atom. The Hall–Kier alpha value is -0.980. The van der Waals surface area contributed by atoms with E-state index < -0.39 is 0 Å². The van der Waals surface area contributed by atoms with Crippen LogP contribution in [-0.2, 0) is 16.0 Å². The molecule has 0 spiro atoms. The van der Waals surface area contributed by atoms with Gasteiger partial charge in [0.15, 0.2) is 0 Å². The largest absolute Gasteiger partial charge is 0.378 e. The molecule has 5 nitrogen and oxygen atoms in total. The van der Waals surface area contributed by atoms with Gasteiger partial charge in [0, 0.05) is 17.6 Å². The van der Waals surface area contributed by atoms with Crippen molar-refractivity contribution in [3.05, 3.63) is 16.1 Å². The summed E-state index contributed by atoms with van der Waals surface area (Å²) >= 11 is 1.65. The first kappa shape index (κ1) is 13.5. The van der Waals surface area contributed by atoms with Crippen LogP contribution in [0.25, 0.3) is 0 Å². The fraction of sp³-hybridized carbons (Fsp3) is 0.667. The Labute approximate surface area is 111 Å². The maximum absolute atomic E-state index is 12.0. The van der Waals surface area contributed by atoms with Crippen molar-refractivity contribution in [3.63, 3.8) is 0 Å². The molecule has 1 aromatic rings. The number of amides is 1. The summed E-state index contributed by atoms with van der Waals surface area (Å²) in [5, 5.41) is 7.06. The van der Waals surface area contributed by atoms with Crippen LogP contribution in [0.1, 0.15) is 29.8 Å². The summed E-state index contributed by atoms with van der Waals surface area (Å²) in [6.45, 7) is 5.90. The number of morpholine rings is 1. The molecule has 0 aromatic carbocycles. The molecule has 1 amide bonds. The summed E-state index contributed by atoms with van der Waals surface area (Å²) in [7, 11) is 0.